The lowest BCUT2D eigenvalue weighted by Gasteiger charge is -1.93. The highest BCUT2D eigenvalue weighted by molar-refractivity contribution is 7.15. The number of aromatic nitrogens is 2. The minimum Gasteiger partial charge on any atom is -0.306 e. The first-order valence-electron chi connectivity index (χ1n) is 5.25. The largest absolute Gasteiger partial charge is 0.306 e. The SMILES string of the molecule is Cc1ccc(-c2cn3cccc(C)c3n2)s1. The summed E-state index contributed by atoms with van der Waals surface area (Å²) in [6, 6.07) is 8.41. The third kappa shape index (κ3) is 1.44. The minimum atomic E-state index is 1.04. The van der Waals surface area contributed by atoms with Crippen molar-refractivity contribution >= 4 is 17.0 Å². The van der Waals surface area contributed by atoms with E-state index >= 15 is 0 Å². The van der Waals surface area contributed by atoms with Gasteiger partial charge in [-0.15, -0.1) is 11.3 Å². The van der Waals surface area contributed by atoms with E-state index in [-0.39, 0.29) is 0 Å². The van der Waals surface area contributed by atoms with E-state index in [4.69, 9.17) is 0 Å². The van der Waals surface area contributed by atoms with Crippen molar-refractivity contribution in [2.24, 2.45) is 0 Å². The molecule has 3 heterocycles. The highest BCUT2D eigenvalue weighted by Gasteiger charge is 2.07. The Balaban J connectivity index is 2.22. The fourth-order valence-corrected chi connectivity index (χ4v) is 2.67. The van der Waals surface area contributed by atoms with Gasteiger partial charge in [-0.05, 0) is 37.6 Å². The predicted molar refractivity (Wildman–Crippen MR) is 68.0 cm³/mol. The Morgan fingerprint density at radius 2 is 2.06 bits per heavy atom. The van der Waals surface area contributed by atoms with Crippen molar-refractivity contribution in [3.63, 3.8) is 0 Å². The maximum absolute atomic E-state index is 4.67. The molecule has 2 nitrogen and oxygen atoms in total. The van der Waals surface area contributed by atoms with E-state index in [0.29, 0.717) is 0 Å². The summed E-state index contributed by atoms with van der Waals surface area (Å²) in [5.41, 5.74) is 3.32. The molecule has 0 atom stereocenters. The van der Waals surface area contributed by atoms with Gasteiger partial charge in [0.05, 0.1) is 10.6 Å². The van der Waals surface area contributed by atoms with E-state index in [9.17, 15) is 0 Å². The van der Waals surface area contributed by atoms with Gasteiger partial charge in [-0.2, -0.15) is 0 Å². The summed E-state index contributed by atoms with van der Waals surface area (Å²) >= 11 is 1.79. The van der Waals surface area contributed by atoms with Crippen molar-refractivity contribution in [3.05, 3.63) is 47.1 Å². The second-order valence-corrected chi connectivity index (χ2v) is 5.25. The summed E-state index contributed by atoms with van der Waals surface area (Å²) in [7, 11) is 0. The van der Waals surface area contributed by atoms with Gasteiger partial charge in [0.1, 0.15) is 5.65 Å². The van der Waals surface area contributed by atoms with Gasteiger partial charge in [-0.25, -0.2) is 4.98 Å². The topological polar surface area (TPSA) is 17.3 Å². The van der Waals surface area contributed by atoms with E-state index < -0.39 is 0 Å². The lowest BCUT2D eigenvalue weighted by Crippen LogP contribution is -1.83. The second-order valence-electron chi connectivity index (χ2n) is 3.96. The van der Waals surface area contributed by atoms with Gasteiger partial charge in [0.15, 0.2) is 0 Å². The number of rotatable bonds is 1. The van der Waals surface area contributed by atoms with Crippen molar-refractivity contribution in [2.75, 3.05) is 0 Å². The average molecular weight is 228 g/mol. The molecule has 3 rings (SSSR count). The van der Waals surface area contributed by atoms with E-state index in [1.807, 2.05) is 12.3 Å². The Labute approximate surface area is 98.2 Å². The number of fused-ring (bicyclic) bond motifs is 1. The third-order valence-electron chi connectivity index (χ3n) is 2.67. The van der Waals surface area contributed by atoms with E-state index in [2.05, 4.69) is 47.6 Å². The summed E-state index contributed by atoms with van der Waals surface area (Å²) in [4.78, 5) is 7.23. The van der Waals surface area contributed by atoms with Crippen LogP contribution in [0.3, 0.4) is 0 Å². The van der Waals surface area contributed by atoms with Crippen LogP contribution < -0.4 is 0 Å². The van der Waals surface area contributed by atoms with Crippen LogP contribution in [-0.2, 0) is 0 Å². The molecule has 0 fully saturated rings. The molecule has 3 heteroatoms. The normalized spacial score (nSPS) is 11.1. The number of thiophene rings is 1. The van der Waals surface area contributed by atoms with E-state index in [1.165, 1.54) is 15.3 Å². The van der Waals surface area contributed by atoms with Gasteiger partial charge in [0.2, 0.25) is 0 Å². The smallest absolute Gasteiger partial charge is 0.140 e. The number of pyridine rings is 1. The maximum atomic E-state index is 4.67. The first-order chi connectivity index (χ1) is 7.74. The van der Waals surface area contributed by atoms with E-state index in [1.54, 1.807) is 11.3 Å². The standard InChI is InChI=1S/C13H12N2S/c1-9-4-3-7-15-8-11(14-13(9)15)12-6-5-10(2)16-12/h3-8H,1-2H3. The Hall–Kier alpha value is -1.61. The lowest BCUT2D eigenvalue weighted by molar-refractivity contribution is 1.16. The van der Waals surface area contributed by atoms with Crippen molar-refractivity contribution in [2.45, 2.75) is 13.8 Å². The molecule has 3 aromatic heterocycles. The molecule has 16 heavy (non-hydrogen) atoms. The highest BCUT2D eigenvalue weighted by atomic mass is 32.1. The molecule has 0 aliphatic heterocycles. The molecule has 0 unspecified atom stereocenters. The van der Waals surface area contributed by atoms with Crippen molar-refractivity contribution in [3.8, 4) is 10.6 Å². The average Bonchev–Trinajstić information content (AvgIpc) is 2.84. The van der Waals surface area contributed by atoms with Gasteiger partial charge in [0, 0.05) is 17.3 Å². The molecular weight excluding hydrogens is 216 g/mol. The molecule has 0 spiro atoms. The Kier molecular flexibility index (Phi) is 2.07. The predicted octanol–water partition coefficient (Wildman–Crippen LogP) is 3.68. The highest BCUT2D eigenvalue weighted by Crippen LogP contribution is 2.27. The van der Waals surface area contributed by atoms with Crippen LogP contribution in [0.15, 0.2) is 36.7 Å². The van der Waals surface area contributed by atoms with Crippen LogP contribution in [0.4, 0.5) is 0 Å². The zero-order valence-electron chi connectivity index (χ0n) is 9.27. The zero-order chi connectivity index (χ0) is 11.1. The van der Waals surface area contributed by atoms with Gasteiger partial charge < -0.3 is 4.40 Å². The summed E-state index contributed by atoms with van der Waals surface area (Å²) in [5, 5.41) is 0. The molecular formula is C13H12N2S. The van der Waals surface area contributed by atoms with Crippen LogP contribution >= 0.6 is 11.3 Å². The van der Waals surface area contributed by atoms with Gasteiger partial charge in [-0.1, -0.05) is 6.07 Å². The Morgan fingerprint density at radius 1 is 1.19 bits per heavy atom. The van der Waals surface area contributed by atoms with Crippen molar-refractivity contribution in [1.82, 2.24) is 9.38 Å². The first-order valence-corrected chi connectivity index (χ1v) is 6.07. The van der Waals surface area contributed by atoms with Crippen LogP contribution in [0.5, 0.6) is 0 Å². The van der Waals surface area contributed by atoms with Crippen LogP contribution in [0.2, 0.25) is 0 Å². The molecule has 3 aromatic rings. The molecule has 0 aliphatic rings. The Morgan fingerprint density at radius 3 is 2.75 bits per heavy atom. The van der Waals surface area contributed by atoms with Gasteiger partial charge >= 0.3 is 0 Å². The number of aryl methyl sites for hydroxylation is 2. The van der Waals surface area contributed by atoms with Crippen LogP contribution in [0.1, 0.15) is 10.4 Å². The minimum absolute atomic E-state index is 1.04. The third-order valence-corrected chi connectivity index (χ3v) is 3.69. The monoisotopic (exact) mass is 228 g/mol. The number of imidazole rings is 1. The summed E-state index contributed by atoms with van der Waals surface area (Å²) < 4.78 is 2.08. The fraction of sp³-hybridized carbons (Fsp3) is 0.154. The number of hydrogen-bond acceptors (Lipinski definition) is 2. The molecule has 0 saturated heterocycles. The molecule has 0 bridgehead atoms. The molecule has 0 N–H and O–H groups in total. The molecule has 0 amide bonds. The Bertz CT molecular complexity index is 649. The molecule has 0 aliphatic carbocycles. The lowest BCUT2D eigenvalue weighted by atomic mass is 10.3. The number of hydrogen-bond donors (Lipinski definition) is 0. The van der Waals surface area contributed by atoms with Crippen molar-refractivity contribution < 1.29 is 0 Å². The summed E-state index contributed by atoms with van der Waals surface area (Å²) in [5.74, 6) is 0. The van der Waals surface area contributed by atoms with Crippen LogP contribution in [0, 0.1) is 13.8 Å². The van der Waals surface area contributed by atoms with Crippen LogP contribution in [0.25, 0.3) is 16.2 Å². The quantitative estimate of drug-likeness (QED) is 0.621. The zero-order valence-corrected chi connectivity index (χ0v) is 10.1. The van der Waals surface area contributed by atoms with Gasteiger partial charge in [-0.3, -0.25) is 0 Å². The molecule has 0 radical (unpaired) electrons. The van der Waals surface area contributed by atoms with Crippen molar-refractivity contribution in [1.29, 1.82) is 0 Å². The maximum Gasteiger partial charge on any atom is 0.140 e. The first kappa shape index (κ1) is 9.60. The second kappa shape index (κ2) is 3.46. The van der Waals surface area contributed by atoms with E-state index in [0.717, 1.165) is 11.3 Å². The number of nitrogens with zero attached hydrogens (tertiary/aromatic N) is 2. The molecule has 80 valence electrons. The fourth-order valence-electron chi connectivity index (χ4n) is 1.84. The molecule has 0 aromatic carbocycles. The van der Waals surface area contributed by atoms with Crippen LogP contribution in [-0.4, -0.2) is 9.38 Å². The summed E-state index contributed by atoms with van der Waals surface area (Å²) in [6.07, 6.45) is 4.13. The van der Waals surface area contributed by atoms with Gasteiger partial charge in [0.25, 0.3) is 0 Å². The summed E-state index contributed by atoms with van der Waals surface area (Å²) in [6.45, 7) is 4.21. The molecule has 0 saturated carbocycles.